The number of hydrogen-bond acceptors (Lipinski definition) is 12. The summed E-state index contributed by atoms with van der Waals surface area (Å²) in [5, 5.41) is 80.4. The molecule has 1 aliphatic rings. The molecule has 2 aromatic rings. The van der Waals surface area contributed by atoms with Gasteiger partial charge in [0, 0.05) is 43.5 Å². The molecule has 0 saturated carbocycles. The van der Waals surface area contributed by atoms with Crippen LogP contribution in [0.4, 0.5) is 10.1 Å². The van der Waals surface area contributed by atoms with Crippen molar-refractivity contribution in [1.29, 1.82) is 0 Å². The number of hydrogen-bond donors (Lipinski definition) is 9. The smallest absolute Gasteiger partial charge is 0.282 e. The van der Waals surface area contributed by atoms with Crippen molar-refractivity contribution in [1.82, 2.24) is 15.1 Å². The minimum atomic E-state index is -4.07. The Labute approximate surface area is 273 Å². The van der Waals surface area contributed by atoms with Crippen molar-refractivity contribution >= 4 is 18.4 Å². The highest BCUT2D eigenvalue weighted by Crippen LogP contribution is 2.43. The van der Waals surface area contributed by atoms with Crippen LogP contribution in [-0.4, -0.2) is 95.7 Å². The number of carbonyl (C=O) groups excluding carboxylic acids is 2. The molecular formula is C33H47FN4O9. The van der Waals surface area contributed by atoms with E-state index < -0.39 is 47.6 Å². The van der Waals surface area contributed by atoms with Crippen molar-refractivity contribution in [3.05, 3.63) is 76.7 Å². The number of amides is 1. The maximum atomic E-state index is 15.4. The van der Waals surface area contributed by atoms with Crippen molar-refractivity contribution in [3.63, 3.8) is 0 Å². The van der Waals surface area contributed by atoms with Crippen LogP contribution in [0.5, 0.6) is 0 Å². The first-order valence-electron chi connectivity index (χ1n) is 15.0. The van der Waals surface area contributed by atoms with Gasteiger partial charge in [0.05, 0.1) is 12.2 Å². The fraction of sp³-hybridized carbons (Fsp3) is 0.515. The number of rotatable bonds is 14. The first-order valence-corrected chi connectivity index (χ1v) is 15.0. The van der Waals surface area contributed by atoms with Crippen LogP contribution >= 0.6 is 0 Å². The molecule has 260 valence electrons. The lowest BCUT2D eigenvalue weighted by molar-refractivity contribution is -0.402. The highest BCUT2D eigenvalue weighted by atomic mass is 19.1. The van der Waals surface area contributed by atoms with Crippen molar-refractivity contribution in [2.24, 2.45) is 10.8 Å². The lowest BCUT2D eigenvalue weighted by Crippen LogP contribution is -2.75. The third-order valence-electron chi connectivity index (χ3n) is 8.71. The highest BCUT2D eigenvalue weighted by Gasteiger charge is 2.66. The molecule has 0 aromatic heterocycles. The zero-order valence-electron chi connectivity index (χ0n) is 27.6. The molecule has 0 radical (unpaired) electrons. The van der Waals surface area contributed by atoms with Crippen molar-refractivity contribution in [3.8, 4) is 0 Å². The molecule has 2 aromatic carbocycles. The number of aryl methyl sites for hydroxylation is 1. The maximum Gasteiger partial charge on any atom is 0.282 e. The molecule has 9 N–H and O–H groups in total. The van der Waals surface area contributed by atoms with Crippen LogP contribution in [0.15, 0.2) is 48.7 Å². The molecule has 0 spiro atoms. The third kappa shape index (κ3) is 7.34. The molecule has 47 heavy (non-hydrogen) atoms. The highest BCUT2D eigenvalue weighted by molar-refractivity contribution is 5.63. The van der Waals surface area contributed by atoms with Gasteiger partial charge in [0.15, 0.2) is 6.29 Å². The standard InChI is InChI=1S/C33H47FN4O9/c1-21-9-8-10-27(25(21)15-37(20-40)31(43,22(2)35-7)33(46,47)30(41,42)19-39)36-14-23-11-12-24(13-26(23)34)32(44,45)38-17-28(3,4)16-29(5,6)18-38/h8-13,19-20,35-36,41-47H,2,14-18H2,1,3-7H3. The summed E-state index contributed by atoms with van der Waals surface area (Å²) in [4.78, 5) is 25.5. The van der Waals surface area contributed by atoms with E-state index in [4.69, 9.17) is 0 Å². The monoisotopic (exact) mass is 662 g/mol. The number of nitrogens with one attached hydrogen (secondary N) is 2. The van der Waals surface area contributed by atoms with Gasteiger partial charge in [0.2, 0.25) is 12.1 Å². The minimum Gasteiger partial charge on any atom is -0.388 e. The minimum absolute atomic E-state index is 0.000179. The van der Waals surface area contributed by atoms with Crippen molar-refractivity contribution in [2.45, 2.75) is 77.3 Å². The van der Waals surface area contributed by atoms with Gasteiger partial charge in [-0.1, -0.05) is 58.5 Å². The summed E-state index contributed by atoms with van der Waals surface area (Å²) in [6.45, 7) is 13.3. The molecule has 1 aliphatic heterocycles. The summed E-state index contributed by atoms with van der Waals surface area (Å²) in [5.41, 5.74) is -3.17. The van der Waals surface area contributed by atoms with E-state index in [1.54, 1.807) is 25.1 Å². The van der Waals surface area contributed by atoms with E-state index in [0.717, 1.165) is 12.5 Å². The second kappa shape index (κ2) is 13.2. The van der Waals surface area contributed by atoms with E-state index in [0.29, 0.717) is 34.8 Å². The average Bonchev–Trinajstić information content (AvgIpc) is 2.97. The van der Waals surface area contributed by atoms with Crippen LogP contribution in [0.2, 0.25) is 0 Å². The van der Waals surface area contributed by atoms with Gasteiger partial charge < -0.3 is 51.3 Å². The number of aldehydes is 1. The fourth-order valence-electron chi connectivity index (χ4n) is 6.56. The molecule has 3 rings (SSSR count). The molecule has 14 heteroatoms. The van der Waals surface area contributed by atoms with E-state index in [-0.39, 0.29) is 34.9 Å². The van der Waals surface area contributed by atoms with E-state index >= 15 is 4.39 Å². The molecular weight excluding hydrogens is 615 g/mol. The van der Waals surface area contributed by atoms with Crippen LogP contribution in [0.1, 0.15) is 56.4 Å². The molecule has 1 fully saturated rings. The van der Waals surface area contributed by atoms with Gasteiger partial charge in [0.1, 0.15) is 5.82 Å². The van der Waals surface area contributed by atoms with Gasteiger partial charge in [0.25, 0.3) is 17.5 Å². The quantitative estimate of drug-likeness (QED) is 0.100. The van der Waals surface area contributed by atoms with E-state index in [1.807, 2.05) is 27.7 Å². The lowest BCUT2D eigenvalue weighted by Gasteiger charge is -2.50. The second-order valence-corrected chi connectivity index (χ2v) is 13.9. The Morgan fingerprint density at radius 2 is 1.62 bits per heavy atom. The summed E-state index contributed by atoms with van der Waals surface area (Å²) in [7, 11) is 1.20. The fourth-order valence-corrected chi connectivity index (χ4v) is 6.56. The number of carbonyl (C=O) groups is 2. The first-order chi connectivity index (χ1) is 21.5. The normalized spacial score (nSPS) is 18.2. The number of anilines is 1. The Bertz CT molecular complexity index is 1480. The number of nitrogens with zero attached hydrogens (tertiary/aromatic N) is 2. The molecule has 0 bridgehead atoms. The number of likely N-dealkylation sites (N-methyl/N-ethyl adjacent to an activating group) is 1. The van der Waals surface area contributed by atoms with E-state index in [9.17, 15) is 45.3 Å². The second-order valence-electron chi connectivity index (χ2n) is 13.9. The predicted molar refractivity (Wildman–Crippen MR) is 170 cm³/mol. The molecule has 1 atom stereocenters. The van der Waals surface area contributed by atoms with Crippen LogP contribution in [0.25, 0.3) is 0 Å². The van der Waals surface area contributed by atoms with Crippen molar-refractivity contribution in [2.75, 3.05) is 25.5 Å². The lowest BCUT2D eigenvalue weighted by atomic mass is 9.71. The Balaban J connectivity index is 1.92. The van der Waals surface area contributed by atoms with Crippen LogP contribution in [0, 0.1) is 23.6 Å². The van der Waals surface area contributed by atoms with Crippen molar-refractivity contribution < 1.29 is 49.7 Å². The van der Waals surface area contributed by atoms with Gasteiger partial charge in [-0.2, -0.15) is 0 Å². The molecule has 13 nitrogen and oxygen atoms in total. The predicted octanol–water partition coefficient (Wildman–Crippen LogP) is 0.540. The van der Waals surface area contributed by atoms with E-state index in [1.165, 1.54) is 24.1 Å². The van der Waals surface area contributed by atoms with Gasteiger partial charge >= 0.3 is 0 Å². The van der Waals surface area contributed by atoms with Gasteiger partial charge in [-0.15, -0.1) is 0 Å². The maximum absolute atomic E-state index is 15.4. The summed E-state index contributed by atoms with van der Waals surface area (Å²) >= 11 is 0. The SMILES string of the molecule is C=C(NC)C(O)(N(C=O)Cc1c(C)cccc1NCc1ccc(C(O)(O)N2CC(C)(C)CC(C)(C)C2)cc1F)C(O)(O)C(O)(O)C=O. The largest absolute Gasteiger partial charge is 0.388 e. The van der Waals surface area contributed by atoms with Gasteiger partial charge in [-0.25, -0.2) is 9.29 Å². The summed E-state index contributed by atoms with van der Waals surface area (Å²) in [6, 6.07) is 8.78. The van der Waals surface area contributed by atoms with Crippen LogP contribution in [0.3, 0.4) is 0 Å². The molecule has 1 unspecified atom stereocenters. The number of likely N-dealkylation sites (tertiary alicyclic amines) is 1. The number of piperidine rings is 1. The molecule has 1 saturated heterocycles. The summed E-state index contributed by atoms with van der Waals surface area (Å²) < 4.78 is 15.4. The number of halogens is 1. The zero-order chi connectivity index (χ0) is 35.8. The molecule has 0 aliphatic carbocycles. The number of aliphatic hydroxyl groups is 7. The topological polar surface area (TPSA) is 206 Å². The Morgan fingerprint density at radius 3 is 2.13 bits per heavy atom. The van der Waals surface area contributed by atoms with E-state index in [2.05, 4.69) is 17.2 Å². The number of benzene rings is 2. The third-order valence-corrected chi connectivity index (χ3v) is 8.71. The zero-order valence-corrected chi connectivity index (χ0v) is 27.6. The first kappa shape index (κ1) is 38.0. The molecule has 1 heterocycles. The van der Waals surface area contributed by atoms with Crippen LogP contribution in [-0.2, 0) is 28.6 Å². The Morgan fingerprint density at radius 1 is 1.02 bits per heavy atom. The molecule has 1 amide bonds. The summed E-state index contributed by atoms with van der Waals surface area (Å²) in [6.07, 6.45) is 0.250. The van der Waals surface area contributed by atoms with Crippen LogP contribution < -0.4 is 10.6 Å². The van der Waals surface area contributed by atoms with Gasteiger partial charge in [-0.05, 0) is 47.4 Å². The Kier molecular flexibility index (Phi) is 10.7. The van der Waals surface area contributed by atoms with Gasteiger partial charge in [-0.3, -0.25) is 9.59 Å². The Hall–Kier alpha value is -3.47. The summed E-state index contributed by atoms with van der Waals surface area (Å²) in [5.74, 6) is -11.2. The average molecular weight is 663 g/mol.